The Hall–Kier alpha value is -2.54. The van der Waals surface area contributed by atoms with Gasteiger partial charge in [0.05, 0.1) is 16.8 Å². The fourth-order valence-electron chi connectivity index (χ4n) is 3.60. The van der Waals surface area contributed by atoms with Crippen LogP contribution in [0, 0.1) is 5.82 Å². The molecule has 0 bridgehead atoms. The molecule has 1 aromatic carbocycles. The van der Waals surface area contributed by atoms with E-state index in [0.29, 0.717) is 30.2 Å². The molecule has 134 valence electrons. The first kappa shape index (κ1) is 16.9. The highest BCUT2D eigenvalue weighted by Crippen LogP contribution is 2.42. The van der Waals surface area contributed by atoms with Crippen LogP contribution in [0.5, 0.6) is 0 Å². The van der Waals surface area contributed by atoms with Crippen LogP contribution in [0.15, 0.2) is 46.2 Å². The predicted octanol–water partition coefficient (Wildman–Crippen LogP) is 4.07. The van der Waals surface area contributed by atoms with Crippen LogP contribution in [0.2, 0.25) is 0 Å². The molecule has 1 aliphatic rings. The van der Waals surface area contributed by atoms with Gasteiger partial charge in [-0.1, -0.05) is 37.1 Å². The smallest absolute Gasteiger partial charge is 0.257 e. The van der Waals surface area contributed by atoms with Gasteiger partial charge in [0.15, 0.2) is 0 Å². The molecule has 1 aliphatic carbocycles. The lowest BCUT2D eigenvalue weighted by Crippen LogP contribution is -2.43. The van der Waals surface area contributed by atoms with Crippen LogP contribution in [-0.4, -0.2) is 16.1 Å². The van der Waals surface area contributed by atoms with Crippen LogP contribution in [0.4, 0.5) is 4.39 Å². The number of aromatic nitrogens is 2. The van der Waals surface area contributed by atoms with Gasteiger partial charge in [-0.15, -0.1) is 21.5 Å². The molecule has 1 fully saturated rings. The highest BCUT2D eigenvalue weighted by Gasteiger charge is 2.44. The summed E-state index contributed by atoms with van der Waals surface area (Å²) < 4.78 is 20.0. The van der Waals surface area contributed by atoms with Crippen molar-refractivity contribution in [2.45, 2.75) is 37.6 Å². The zero-order chi connectivity index (χ0) is 18.0. The highest BCUT2D eigenvalue weighted by atomic mass is 32.1. The molecule has 0 radical (unpaired) electrons. The summed E-state index contributed by atoms with van der Waals surface area (Å²) >= 11 is 1.51. The minimum Gasteiger partial charge on any atom is -0.418 e. The van der Waals surface area contributed by atoms with Crippen molar-refractivity contribution < 1.29 is 13.6 Å². The van der Waals surface area contributed by atoms with Crippen molar-refractivity contribution in [1.29, 1.82) is 0 Å². The number of amides is 1. The van der Waals surface area contributed by atoms with Gasteiger partial charge in [-0.3, -0.25) is 4.79 Å². The van der Waals surface area contributed by atoms with Gasteiger partial charge < -0.3 is 9.73 Å². The van der Waals surface area contributed by atoms with E-state index in [1.54, 1.807) is 18.2 Å². The molecule has 1 N–H and O–H groups in total. The van der Waals surface area contributed by atoms with Gasteiger partial charge in [-0.2, -0.15) is 0 Å². The second kappa shape index (κ2) is 6.99. The Morgan fingerprint density at radius 3 is 2.73 bits per heavy atom. The average molecular weight is 371 g/mol. The van der Waals surface area contributed by atoms with Crippen LogP contribution in [0.3, 0.4) is 0 Å². The molecule has 0 spiro atoms. The molecule has 7 heteroatoms. The second-order valence-electron chi connectivity index (χ2n) is 6.43. The minimum atomic E-state index is -0.818. The van der Waals surface area contributed by atoms with Crippen molar-refractivity contribution in [1.82, 2.24) is 15.5 Å². The maximum Gasteiger partial charge on any atom is 0.257 e. The first-order valence-corrected chi connectivity index (χ1v) is 9.46. The molecule has 0 atom stereocenters. The SMILES string of the molecule is O=C(NCc1nnc(-c2cccs2)o1)C1(c2ccccc2F)CCCC1. The average Bonchev–Trinajstić information content (AvgIpc) is 3.41. The van der Waals surface area contributed by atoms with Gasteiger partial charge in [0.1, 0.15) is 5.82 Å². The Morgan fingerprint density at radius 2 is 2.00 bits per heavy atom. The summed E-state index contributed by atoms with van der Waals surface area (Å²) in [7, 11) is 0. The number of benzene rings is 1. The van der Waals surface area contributed by atoms with E-state index in [9.17, 15) is 9.18 Å². The van der Waals surface area contributed by atoms with E-state index in [1.165, 1.54) is 17.4 Å². The standard InChI is InChI=1S/C19H18FN3O2S/c20-14-7-2-1-6-13(14)19(9-3-4-10-19)18(24)21-12-16-22-23-17(25-16)15-8-5-11-26-15/h1-2,5-8,11H,3-4,9-10,12H2,(H,21,24). The first-order chi connectivity index (χ1) is 12.7. The van der Waals surface area contributed by atoms with Crippen molar-refractivity contribution in [2.24, 2.45) is 0 Å². The third-order valence-corrected chi connectivity index (χ3v) is 5.74. The number of nitrogens with one attached hydrogen (secondary N) is 1. The zero-order valence-corrected chi connectivity index (χ0v) is 14.9. The Kier molecular flexibility index (Phi) is 4.55. The summed E-state index contributed by atoms with van der Waals surface area (Å²) in [5, 5.41) is 12.8. The molecular weight excluding hydrogens is 353 g/mol. The van der Waals surface area contributed by atoms with E-state index in [1.807, 2.05) is 17.5 Å². The maximum atomic E-state index is 14.4. The molecule has 5 nitrogen and oxygen atoms in total. The largest absolute Gasteiger partial charge is 0.418 e. The molecule has 3 aromatic rings. The van der Waals surface area contributed by atoms with Crippen molar-refractivity contribution in [3.8, 4) is 10.8 Å². The van der Waals surface area contributed by atoms with Crippen molar-refractivity contribution >= 4 is 17.2 Å². The van der Waals surface area contributed by atoms with Crippen LogP contribution < -0.4 is 5.32 Å². The van der Waals surface area contributed by atoms with Crippen LogP contribution in [0.25, 0.3) is 10.8 Å². The summed E-state index contributed by atoms with van der Waals surface area (Å²) in [6.07, 6.45) is 3.10. The number of carbonyl (C=O) groups is 1. The Labute approximate surface area is 154 Å². The van der Waals surface area contributed by atoms with Crippen LogP contribution >= 0.6 is 11.3 Å². The first-order valence-electron chi connectivity index (χ1n) is 8.59. The van der Waals surface area contributed by atoms with Gasteiger partial charge in [0.2, 0.25) is 11.8 Å². The van der Waals surface area contributed by atoms with Gasteiger partial charge in [0, 0.05) is 5.56 Å². The quantitative estimate of drug-likeness (QED) is 0.734. The van der Waals surface area contributed by atoms with Crippen molar-refractivity contribution in [3.05, 3.63) is 59.0 Å². The lowest BCUT2D eigenvalue weighted by molar-refractivity contribution is -0.127. The second-order valence-corrected chi connectivity index (χ2v) is 7.38. The molecule has 0 unspecified atom stereocenters. The van der Waals surface area contributed by atoms with E-state index in [-0.39, 0.29) is 18.3 Å². The van der Waals surface area contributed by atoms with Crippen LogP contribution in [0.1, 0.15) is 37.1 Å². The third kappa shape index (κ3) is 3.03. The molecule has 4 rings (SSSR count). The minimum absolute atomic E-state index is 0.132. The fraction of sp³-hybridized carbons (Fsp3) is 0.316. The summed E-state index contributed by atoms with van der Waals surface area (Å²) in [5.74, 6) is 0.260. The Morgan fingerprint density at radius 1 is 1.19 bits per heavy atom. The van der Waals surface area contributed by atoms with Gasteiger partial charge in [-0.25, -0.2) is 4.39 Å². The number of carbonyl (C=O) groups excluding carboxylic acids is 1. The molecule has 0 saturated heterocycles. The van der Waals surface area contributed by atoms with E-state index in [0.717, 1.165) is 17.7 Å². The number of rotatable bonds is 5. The third-order valence-electron chi connectivity index (χ3n) is 4.88. The van der Waals surface area contributed by atoms with E-state index < -0.39 is 5.41 Å². The molecule has 2 aromatic heterocycles. The van der Waals surface area contributed by atoms with Crippen LogP contribution in [-0.2, 0) is 16.8 Å². The summed E-state index contributed by atoms with van der Waals surface area (Å²) in [6, 6.07) is 10.3. The summed E-state index contributed by atoms with van der Waals surface area (Å²) in [4.78, 5) is 13.8. The Bertz CT molecular complexity index is 901. The molecular formula is C19H18FN3O2S. The molecule has 1 amide bonds. The summed E-state index contributed by atoms with van der Waals surface area (Å²) in [5.41, 5.74) is -0.345. The van der Waals surface area contributed by atoms with Gasteiger partial charge >= 0.3 is 0 Å². The molecule has 1 saturated carbocycles. The zero-order valence-electron chi connectivity index (χ0n) is 14.1. The lowest BCUT2D eigenvalue weighted by Gasteiger charge is -2.28. The highest BCUT2D eigenvalue weighted by molar-refractivity contribution is 7.13. The fourth-order valence-corrected chi connectivity index (χ4v) is 4.24. The number of hydrogen-bond donors (Lipinski definition) is 1. The van der Waals surface area contributed by atoms with Gasteiger partial charge in [0.25, 0.3) is 5.89 Å². The maximum absolute atomic E-state index is 14.4. The van der Waals surface area contributed by atoms with E-state index in [2.05, 4.69) is 15.5 Å². The number of hydrogen-bond acceptors (Lipinski definition) is 5. The molecule has 2 heterocycles. The van der Waals surface area contributed by atoms with Crippen molar-refractivity contribution in [3.63, 3.8) is 0 Å². The van der Waals surface area contributed by atoms with Gasteiger partial charge in [-0.05, 0) is 30.4 Å². The van der Waals surface area contributed by atoms with E-state index in [4.69, 9.17) is 4.42 Å². The van der Waals surface area contributed by atoms with E-state index >= 15 is 0 Å². The van der Waals surface area contributed by atoms with Crippen molar-refractivity contribution in [2.75, 3.05) is 0 Å². The molecule has 26 heavy (non-hydrogen) atoms. The summed E-state index contributed by atoms with van der Waals surface area (Å²) in [6.45, 7) is 0.132. The normalized spacial score (nSPS) is 15.9. The topological polar surface area (TPSA) is 68.0 Å². The number of halogens is 1. The predicted molar refractivity (Wildman–Crippen MR) is 96.0 cm³/mol. The lowest BCUT2D eigenvalue weighted by atomic mass is 9.77. The Balaban J connectivity index is 1.51. The molecule has 0 aliphatic heterocycles. The number of nitrogens with zero attached hydrogens (tertiary/aromatic N) is 2. The number of thiophene rings is 1. The monoisotopic (exact) mass is 371 g/mol.